The van der Waals surface area contributed by atoms with Crippen LogP contribution in [0.4, 0.5) is 5.69 Å². The van der Waals surface area contributed by atoms with Crippen LogP contribution in [0.25, 0.3) is 0 Å². The number of hydrogen-bond donors (Lipinski definition) is 1. The van der Waals surface area contributed by atoms with Crippen molar-refractivity contribution in [3.05, 3.63) is 53.1 Å². The second kappa shape index (κ2) is 6.99. The molecular formula is C16H16ClNO3. The molecule has 0 aliphatic rings. The predicted molar refractivity (Wildman–Crippen MR) is 83.3 cm³/mol. The van der Waals surface area contributed by atoms with E-state index in [-0.39, 0.29) is 12.3 Å². The van der Waals surface area contributed by atoms with Crippen LogP contribution in [-0.4, -0.2) is 20.1 Å². The first-order chi connectivity index (χ1) is 10.1. The first-order valence-corrected chi connectivity index (χ1v) is 6.76. The van der Waals surface area contributed by atoms with Gasteiger partial charge in [0.15, 0.2) is 0 Å². The van der Waals surface area contributed by atoms with Crippen LogP contribution in [0.3, 0.4) is 0 Å². The molecule has 0 fully saturated rings. The summed E-state index contributed by atoms with van der Waals surface area (Å²) in [5, 5.41) is 3.22. The molecule has 0 atom stereocenters. The van der Waals surface area contributed by atoms with Crippen molar-refractivity contribution < 1.29 is 14.3 Å². The third-order valence-electron chi connectivity index (χ3n) is 2.95. The smallest absolute Gasteiger partial charge is 0.228 e. The van der Waals surface area contributed by atoms with Gasteiger partial charge in [-0.2, -0.15) is 0 Å². The summed E-state index contributed by atoms with van der Waals surface area (Å²) < 4.78 is 10.2. The molecule has 0 radical (unpaired) electrons. The fraction of sp³-hybridized carbons (Fsp3) is 0.188. The van der Waals surface area contributed by atoms with E-state index < -0.39 is 0 Å². The molecule has 2 rings (SSSR count). The highest BCUT2D eigenvalue weighted by molar-refractivity contribution is 6.33. The Hall–Kier alpha value is -2.20. The molecule has 0 heterocycles. The van der Waals surface area contributed by atoms with Crippen molar-refractivity contribution in [1.29, 1.82) is 0 Å². The van der Waals surface area contributed by atoms with Crippen molar-refractivity contribution in [2.24, 2.45) is 0 Å². The van der Waals surface area contributed by atoms with Gasteiger partial charge in [-0.15, -0.1) is 0 Å². The number of nitrogens with one attached hydrogen (secondary N) is 1. The van der Waals surface area contributed by atoms with Crippen molar-refractivity contribution in [1.82, 2.24) is 0 Å². The van der Waals surface area contributed by atoms with Crippen LogP contribution in [0.15, 0.2) is 42.5 Å². The predicted octanol–water partition coefficient (Wildman–Crippen LogP) is 3.54. The minimum atomic E-state index is -0.143. The number of hydrogen-bond acceptors (Lipinski definition) is 3. The molecule has 0 bridgehead atoms. The zero-order chi connectivity index (χ0) is 15.2. The van der Waals surface area contributed by atoms with E-state index in [0.717, 1.165) is 11.3 Å². The highest BCUT2D eigenvalue weighted by Crippen LogP contribution is 2.26. The van der Waals surface area contributed by atoms with E-state index in [2.05, 4.69) is 5.32 Å². The van der Waals surface area contributed by atoms with Crippen LogP contribution in [0, 0.1) is 0 Å². The molecule has 0 saturated heterocycles. The van der Waals surface area contributed by atoms with Crippen LogP contribution in [0.5, 0.6) is 11.5 Å². The Kier molecular flexibility index (Phi) is 5.06. The van der Waals surface area contributed by atoms with Crippen LogP contribution in [-0.2, 0) is 11.2 Å². The molecule has 0 aromatic heterocycles. The Bertz CT molecular complexity index is 643. The molecule has 0 saturated carbocycles. The Labute approximate surface area is 128 Å². The summed E-state index contributed by atoms with van der Waals surface area (Å²) in [6.07, 6.45) is 0.250. The van der Waals surface area contributed by atoms with Crippen LogP contribution < -0.4 is 14.8 Å². The SMILES string of the molecule is COc1cccc(CC(=O)Nc2ccc(OC)cc2Cl)c1. The molecule has 4 nitrogen and oxygen atoms in total. The summed E-state index contributed by atoms with van der Waals surface area (Å²) >= 11 is 6.09. The summed E-state index contributed by atoms with van der Waals surface area (Å²) in [7, 11) is 3.16. The highest BCUT2D eigenvalue weighted by Gasteiger charge is 2.08. The van der Waals surface area contributed by atoms with Gasteiger partial charge in [0.25, 0.3) is 0 Å². The zero-order valence-electron chi connectivity index (χ0n) is 11.9. The molecule has 110 valence electrons. The molecule has 1 N–H and O–H groups in total. The Morgan fingerprint density at radius 2 is 1.81 bits per heavy atom. The third-order valence-corrected chi connectivity index (χ3v) is 3.26. The molecule has 1 amide bonds. The van der Waals surface area contributed by atoms with E-state index in [1.54, 1.807) is 32.4 Å². The number of methoxy groups -OCH3 is 2. The zero-order valence-corrected chi connectivity index (χ0v) is 12.6. The summed E-state index contributed by atoms with van der Waals surface area (Å²) in [5.74, 6) is 1.23. The summed E-state index contributed by atoms with van der Waals surface area (Å²) in [6.45, 7) is 0. The first kappa shape index (κ1) is 15.2. The summed E-state index contributed by atoms with van der Waals surface area (Å²) in [4.78, 5) is 12.0. The maximum atomic E-state index is 12.0. The summed E-state index contributed by atoms with van der Waals surface area (Å²) in [6, 6.07) is 12.5. The van der Waals surface area contributed by atoms with Crippen molar-refractivity contribution in [3.8, 4) is 11.5 Å². The number of carbonyl (C=O) groups is 1. The number of ether oxygens (including phenoxy) is 2. The van der Waals surface area contributed by atoms with Gasteiger partial charge in [-0.05, 0) is 29.8 Å². The van der Waals surface area contributed by atoms with Crippen molar-refractivity contribution in [2.75, 3.05) is 19.5 Å². The molecular weight excluding hydrogens is 290 g/mol. The first-order valence-electron chi connectivity index (χ1n) is 6.38. The quantitative estimate of drug-likeness (QED) is 0.919. The molecule has 21 heavy (non-hydrogen) atoms. The molecule has 2 aromatic rings. The van der Waals surface area contributed by atoms with E-state index in [1.807, 2.05) is 24.3 Å². The van der Waals surface area contributed by atoms with Gasteiger partial charge < -0.3 is 14.8 Å². The average molecular weight is 306 g/mol. The molecule has 0 aliphatic heterocycles. The monoisotopic (exact) mass is 305 g/mol. The van der Waals surface area contributed by atoms with Crippen LogP contribution >= 0.6 is 11.6 Å². The Balaban J connectivity index is 2.04. The normalized spacial score (nSPS) is 10.0. The maximum absolute atomic E-state index is 12.0. The van der Waals surface area contributed by atoms with Crippen molar-refractivity contribution in [2.45, 2.75) is 6.42 Å². The topological polar surface area (TPSA) is 47.6 Å². The minimum absolute atomic E-state index is 0.143. The highest BCUT2D eigenvalue weighted by atomic mass is 35.5. The Morgan fingerprint density at radius 1 is 1.10 bits per heavy atom. The molecule has 0 aliphatic carbocycles. The van der Waals surface area contributed by atoms with Crippen molar-refractivity contribution in [3.63, 3.8) is 0 Å². The number of amides is 1. The lowest BCUT2D eigenvalue weighted by atomic mass is 10.1. The maximum Gasteiger partial charge on any atom is 0.228 e. The van der Waals surface area contributed by atoms with Gasteiger partial charge in [0.05, 0.1) is 31.4 Å². The van der Waals surface area contributed by atoms with Gasteiger partial charge >= 0.3 is 0 Å². The van der Waals surface area contributed by atoms with Crippen molar-refractivity contribution >= 4 is 23.2 Å². The minimum Gasteiger partial charge on any atom is -0.497 e. The van der Waals surface area contributed by atoms with E-state index in [9.17, 15) is 4.79 Å². The largest absolute Gasteiger partial charge is 0.497 e. The number of halogens is 1. The van der Waals surface area contributed by atoms with Gasteiger partial charge in [0.1, 0.15) is 11.5 Å². The molecule has 2 aromatic carbocycles. The van der Waals surface area contributed by atoms with Crippen LogP contribution in [0.2, 0.25) is 5.02 Å². The number of rotatable bonds is 5. The van der Waals surface area contributed by atoms with Gasteiger partial charge in [0.2, 0.25) is 5.91 Å². The second-order valence-electron chi connectivity index (χ2n) is 4.42. The molecule has 0 unspecified atom stereocenters. The lowest BCUT2D eigenvalue weighted by Gasteiger charge is -2.09. The lowest BCUT2D eigenvalue weighted by molar-refractivity contribution is -0.115. The van der Waals surface area contributed by atoms with E-state index in [0.29, 0.717) is 16.5 Å². The second-order valence-corrected chi connectivity index (χ2v) is 4.83. The number of benzene rings is 2. The number of anilines is 1. The standard InChI is InChI=1S/C16H16ClNO3/c1-20-12-5-3-4-11(8-12)9-16(19)18-15-7-6-13(21-2)10-14(15)17/h3-8,10H,9H2,1-2H3,(H,18,19). The third kappa shape index (κ3) is 4.13. The van der Waals surface area contributed by atoms with Crippen LogP contribution in [0.1, 0.15) is 5.56 Å². The molecule has 0 spiro atoms. The average Bonchev–Trinajstić information content (AvgIpc) is 2.49. The molecule has 5 heteroatoms. The Morgan fingerprint density at radius 3 is 2.48 bits per heavy atom. The van der Waals surface area contributed by atoms with E-state index in [1.165, 1.54) is 0 Å². The van der Waals surface area contributed by atoms with E-state index >= 15 is 0 Å². The fourth-order valence-corrected chi connectivity index (χ4v) is 2.10. The van der Waals surface area contributed by atoms with Gasteiger partial charge in [-0.25, -0.2) is 0 Å². The number of carbonyl (C=O) groups excluding carboxylic acids is 1. The lowest BCUT2D eigenvalue weighted by Crippen LogP contribution is -2.14. The summed E-state index contributed by atoms with van der Waals surface area (Å²) in [5.41, 5.74) is 1.43. The van der Waals surface area contributed by atoms with Gasteiger partial charge in [0, 0.05) is 6.07 Å². The fourth-order valence-electron chi connectivity index (χ4n) is 1.89. The van der Waals surface area contributed by atoms with E-state index in [4.69, 9.17) is 21.1 Å². The van der Waals surface area contributed by atoms with Gasteiger partial charge in [-0.1, -0.05) is 23.7 Å². The van der Waals surface area contributed by atoms with Gasteiger partial charge in [-0.3, -0.25) is 4.79 Å².